The summed E-state index contributed by atoms with van der Waals surface area (Å²) in [6.45, 7) is 0.299. The molecule has 0 saturated carbocycles. The van der Waals surface area contributed by atoms with E-state index in [1.807, 2.05) is 0 Å². The molecule has 1 aromatic heterocycles. The maximum atomic E-state index is 12.3. The van der Waals surface area contributed by atoms with Crippen LogP contribution in [-0.2, 0) is 12.6 Å². The summed E-state index contributed by atoms with van der Waals surface area (Å²) >= 11 is 0. The third-order valence-electron chi connectivity index (χ3n) is 2.51. The Kier molecular flexibility index (Phi) is 2.41. The minimum atomic E-state index is -4.47. The molecule has 0 fully saturated rings. The molecule has 0 aliphatic carbocycles. The number of nitrogens with two attached hydrogens (primary N) is 1. The molecule has 7 heteroatoms. The summed E-state index contributed by atoms with van der Waals surface area (Å²) in [5.41, 5.74) is 5.47. The molecule has 1 aliphatic rings. The molecular formula is C8H11F3N4. The summed E-state index contributed by atoms with van der Waals surface area (Å²) in [7, 11) is 0. The van der Waals surface area contributed by atoms with E-state index in [-0.39, 0.29) is 6.04 Å². The van der Waals surface area contributed by atoms with Crippen molar-refractivity contribution in [3.63, 3.8) is 0 Å². The minimum Gasteiger partial charge on any atom is -0.328 e. The summed E-state index contributed by atoms with van der Waals surface area (Å²) in [5, 5.41) is 3.47. The van der Waals surface area contributed by atoms with Gasteiger partial charge in [0.05, 0.1) is 6.04 Å². The summed E-state index contributed by atoms with van der Waals surface area (Å²) in [6, 6.07) is -0.141. The van der Waals surface area contributed by atoms with Crippen LogP contribution in [0.3, 0.4) is 0 Å². The smallest absolute Gasteiger partial charge is 0.328 e. The Labute approximate surface area is 84.3 Å². The van der Waals surface area contributed by atoms with E-state index in [1.54, 1.807) is 0 Å². The second-order valence-corrected chi connectivity index (χ2v) is 3.58. The number of fused-ring (bicyclic) bond motifs is 1. The molecule has 0 saturated heterocycles. The van der Waals surface area contributed by atoms with E-state index >= 15 is 0 Å². The van der Waals surface area contributed by atoms with Crippen molar-refractivity contribution in [3.05, 3.63) is 11.6 Å². The Bertz CT molecular complexity index is 357. The van der Waals surface area contributed by atoms with Gasteiger partial charge in [-0.2, -0.15) is 13.2 Å². The van der Waals surface area contributed by atoms with Gasteiger partial charge in [0.1, 0.15) is 5.82 Å². The van der Waals surface area contributed by atoms with Gasteiger partial charge in [0.25, 0.3) is 5.82 Å². The average Bonchev–Trinajstić information content (AvgIpc) is 2.59. The fourth-order valence-electron chi connectivity index (χ4n) is 1.77. The Morgan fingerprint density at radius 2 is 2.20 bits per heavy atom. The van der Waals surface area contributed by atoms with E-state index in [9.17, 15) is 13.2 Å². The summed E-state index contributed by atoms with van der Waals surface area (Å²) in [6.07, 6.45) is -2.34. The van der Waals surface area contributed by atoms with Gasteiger partial charge in [0.15, 0.2) is 0 Å². The quantitative estimate of drug-likeness (QED) is 0.771. The van der Waals surface area contributed by atoms with Crippen molar-refractivity contribution in [3.8, 4) is 0 Å². The van der Waals surface area contributed by atoms with E-state index in [0.717, 1.165) is 12.8 Å². The van der Waals surface area contributed by atoms with Crippen LogP contribution in [0.4, 0.5) is 13.2 Å². The lowest BCUT2D eigenvalue weighted by atomic mass is 10.1. The molecule has 0 amide bonds. The highest BCUT2D eigenvalue weighted by Crippen LogP contribution is 2.29. The van der Waals surface area contributed by atoms with E-state index < -0.39 is 12.0 Å². The van der Waals surface area contributed by atoms with Gasteiger partial charge in [-0.1, -0.05) is 0 Å². The molecule has 0 radical (unpaired) electrons. The molecule has 0 spiro atoms. The molecule has 1 unspecified atom stereocenters. The minimum absolute atomic E-state index is 0.141. The van der Waals surface area contributed by atoms with Crippen molar-refractivity contribution in [2.75, 3.05) is 6.54 Å². The standard InChI is InChI=1S/C8H11F3N4/c9-8(10,11)7-13-6-3-1-2-5(4-12)15(6)14-7/h5H,1-4,12H2. The Hall–Kier alpha value is -1.11. The fourth-order valence-corrected chi connectivity index (χ4v) is 1.77. The van der Waals surface area contributed by atoms with Crippen LogP contribution in [0.2, 0.25) is 0 Å². The lowest BCUT2D eigenvalue weighted by Crippen LogP contribution is -2.26. The lowest BCUT2D eigenvalue weighted by Gasteiger charge is -2.21. The molecule has 0 aromatic carbocycles. The van der Waals surface area contributed by atoms with E-state index in [2.05, 4.69) is 10.1 Å². The number of hydrogen-bond acceptors (Lipinski definition) is 3. The van der Waals surface area contributed by atoms with Crippen LogP contribution in [0.1, 0.15) is 30.5 Å². The fraction of sp³-hybridized carbons (Fsp3) is 0.750. The molecule has 0 bridgehead atoms. The predicted octanol–water partition coefficient (Wildman–Crippen LogP) is 1.13. The van der Waals surface area contributed by atoms with Crippen molar-refractivity contribution in [2.45, 2.75) is 31.5 Å². The van der Waals surface area contributed by atoms with Gasteiger partial charge in [-0.3, -0.25) is 0 Å². The van der Waals surface area contributed by atoms with Gasteiger partial charge in [0.2, 0.25) is 0 Å². The van der Waals surface area contributed by atoms with E-state index in [0.29, 0.717) is 18.8 Å². The highest BCUT2D eigenvalue weighted by Gasteiger charge is 2.38. The Morgan fingerprint density at radius 3 is 2.80 bits per heavy atom. The predicted molar refractivity (Wildman–Crippen MR) is 46.1 cm³/mol. The maximum absolute atomic E-state index is 12.3. The maximum Gasteiger partial charge on any atom is 0.453 e. The molecule has 1 atom stereocenters. The Balaban J connectivity index is 2.37. The number of halogens is 3. The molecule has 2 rings (SSSR count). The van der Waals surface area contributed by atoms with Crippen molar-refractivity contribution in [1.82, 2.24) is 14.8 Å². The molecule has 4 nitrogen and oxygen atoms in total. The number of aromatic nitrogens is 3. The largest absolute Gasteiger partial charge is 0.453 e. The summed E-state index contributed by atoms with van der Waals surface area (Å²) in [4.78, 5) is 3.49. The highest BCUT2D eigenvalue weighted by atomic mass is 19.4. The second kappa shape index (κ2) is 3.48. The first-order valence-corrected chi connectivity index (χ1v) is 4.75. The third-order valence-corrected chi connectivity index (χ3v) is 2.51. The number of nitrogens with zero attached hydrogens (tertiary/aromatic N) is 3. The monoisotopic (exact) mass is 220 g/mol. The molecule has 15 heavy (non-hydrogen) atoms. The second-order valence-electron chi connectivity index (χ2n) is 3.58. The third kappa shape index (κ3) is 1.83. The lowest BCUT2D eigenvalue weighted by molar-refractivity contribution is -0.145. The van der Waals surface area contributed by atoms with Crippen molar-refractivity contribution >= 4 is 0 Å². The average molecular weight is 220 g/mol. The first-order valence-electron chi connectivity index (χ1n) is 4.75. The number of rotatable bonds is 1. The van der Waals surface area contributed by atoms with Crippen molar-refractivity contribution in [2.24, 2.45) is 5.73 Å². The first-order chi connectivity index (χ1) is 7.02. The van der Waals surface area contributed by atoms with E-state index in [1.165, 1.54) is 4.68 Å². The molecule has 1 aliphatic heterocycles. The van der Waals surface area contributed by atoms with Crippen LogP contribution in [0, 0.1) is 0 Å². The van der Waals surface area contributed by atoms with Gasteiger partial charge in [-0.15, -0.1) is 5.10 Å². The number of hydrogen-bond donors (Lipinski definition) is 1. The normalized spacial score (nSPS) is 21.5. The van der Waals surface area contributed by atoms with Gasteiger partial charge < -0.3 is 5.73 Å². The van der Waals surface area contributed by atoms with E-state index in [4.69, 9.17) is 5.73 Å². The SMILES string of the molecule is NCC1CCCc2nc(C(F)(F)F)nn21. The summed E-state index contributed by atoms with van der Waals surface area (Å²) < 4.78 is 38.3. The van der Waals surface area contributed by atoms with Crippen LogP contribution in [-0.4, -0.2) is 21.3 Å². The van der Waals surface area contributed by atoms with Crippen LogP contribution in [0.25, 0.3) is 0 Å². The van der Waals surface area contributed by atoms with Crippen LogP contribution in [0.15, 0.2) is 0 Å². The van der Waals surface area contributed by atoms with Crippen LogP contribution < -0.4 is 5.73 Å². The van der Waals surface area contributed by atoms with Crippen molar-refractivity contribution < 1.29 is 13.2 Å². The highest BCUT2D eigenvalue weighted by molar-refractivity contribution is 5.01. The Morgan fingerprint density at radius 1 is 1.47 bits per heavy atom. The first kappa shape index (κ1) is 10.4. The van der Waals surface area contributed by atoms with Gasteiger partial charge in [0, 0.05) is 13.0 Å². The van der Waals surface area contributed by atoms with Crippen LogP contribution in [0.5, 0.6) is 0 Å². The molecule has 2 heterocycles. The zero-order valence-corrected chi connectivity index (χ0v) is 7.96. The summed E-state index contributed by atoms with van der Waals surface area (Å²) in [5.74, 6) is -0.665. The molecule has 1 aromatic rings. The molecule has 84 valence electrons. The molecule has 2 N–H and O–H groups in total. The zero-order valence-electron chi connectivity index (χ0n) is 7.96. The van der Waals surface area contributed by atoms with Crippen LogP contribution >= 0.6 is 0 Å². The van der Waals surface area contributed by atoms with Gasteiger partial charge >= 0.3 is 6.18 Å². The topological polar surface area (TPSA) is 56.7 Å². The zero-order chi connectivity index (χ0) is 11.1. The molecular weight excluding hydrogens is 209 g/mol. The van der Waals surface area contributed by atoms with Crippen molar-refractivity contribution in [1.29, 1.82) is 0 Å². The number of aryl methyl sites for hydroxylation is 1. The van der Waals surface area contributed by atoms with Gasteiger partial charge in [-0.25, -0.2) is 9.67 Å². The van der Waals surface area contributed by atoms with Gasteiger partial charge in [-0.05, 0) is 12.8 Å². The number of alkyl halides is 3.